The lowest BCUT2D eigenvalue weighted by molar-refractivity contribution is 0.00159. The third-order valence-electron chi connectivity index (χ3n) is 5.48. The Kier molecular flexibility index (Phi) is 5.45. The molecule has 142 valence electrons. The van der Waals surface area contributed by atoms with Gasteiger partial charge in [0, 0.05) is 49.5 Å². The minimum atomic E-state index is -0.359. The van der Waals surface area contributed by atoms with Crippen LogP contribution in [0.1, 0.15) is 23.2 Å². The van der Waals surface area contributed by atoms with Gasteiger partial charge in [0.2, 0.25) is 0 Å². The number of benzene rings is 1. The molecule has 4 rings (SSSR count). The first kappa shape index (κ1) is 18.1. The standard InChI is InChI=1S/C21H24FN3O2/c22-19-2-1-9-23-20(19)16-3-5-17(6-4-16)21(26)25-10-7-18(8-11-25)24-12-14-27-15-13-24/h1-6,9,18H,7-8,10-15H2. The van der Waals surface area contributed by atoms with Gasteiger partial charge >= 0.3 is 0 Å². The highest BCUT2D eigenvalue weighted by Crippen LogP contribution is 2.23. The van der Waals surface area contributed by atoms with Gasteiger partial charge < -0.3 is 9.64 Å². The molecule has 1 amide bonds. The van der Waals surface area contributed by atoms with E-state index < -0.39 is 0 Å². The second kappa shape index (κ2) is 8.15. The van der Waals surface area contributed by atoms with E-state index in [-0.39, 0.29) is 11.7 Å². The van der Waals surface area contributed by atoms with E-state index in [1.54, 1.807) is 36.5 Å². The van der Waals surface area contributed by atoms with Crippen LogP contribution in [0.5, 0.6) is 0 Å². The molecule has 0 aliphatic carbocycles. The van der Waals surface area contributed by atoms with E-state index in [9.17, 15) is 9.18 Å². The number of hydrogen-bond acceptors (Lipinski definition) is 4. The maximum absolute atomic E-state index is 13.9. The molecule has 1 aromatic carbocycles. The molecule has 5 nitrogen and oxygen atoms in total. The van der Waals surface area contributed by atoms with Crippen LogP contribution in [-0.4, -0.2) is 66.1 Å². The number of likely N-dealkylation sites (tertiary alicyclic amines) is 1. The molecule has 0 radical (unpaired) electrons. The monoisotopic (exact) mass is 369 g/mol. The summed E-state index contributed by atoms with van der Waals surface area (Å²) in [7, 11) is 0. The number of amides is 1. The molecule has 2 aliphatic heterocycles. The summed E-state index contributed by atoms with van der Waals surface area (Å²) in [6.45, 7) is 5.15. The van der Waals surface area contributed by atoms with Gasteiger partial charge in [-0.05, 0) is 37.1 Å². The van der Waals surface area contributed by atoms with Crippen LogP contribution < -0.4 is 0 Å². The SMILES string of the molecule is O=C(c1ccc(-c2ncccc2F)cc1)N1CCC(N2CCOCC2)CC1. The molecule has 0 unspecified atom stereocenters. The van der Waals surface area contributed by atoms with Crippen LogP contribution in [0, 0.1) is 5.82 Å². The topological polar surface area (TPSA) is 45.7 Å². The fraction of sp³-hybridized carbons (Fsp3) is 0.429. The number of morpholine rings is 1. The highest BCUT2D eigenvalue weighted by molar-refractivity contribution is 5.94. The summed E-state index contributed by atoms with van der Waals surface area (Å²) < 4.78 is 19.3. The van der Waals surface area contributed by atoms with Crippen LogP contribution in [0.15, 0.2) is 42.6 Å². The first-order chi connectivity index (χ1) is 13.2. The number of hydrogen-bond donors (Lipinski definition) is 0. The first-order valence-corrected chi connectivity index (χ1v) is 9.54. The molecule has 0 bridgehead atoms. The summed E-state index contributed by atoms with van der Waals surface area (Å²) in [5, 5.41) is 0. The molecule has 0 atom stereocenters. The molecule has 0 N–H and O–H groups in total. The summed E-state index contributed by atoms with van der Waals surface area (Å²) in [5.41, 5.74) is 1.62. The number of carbonyl (C=O) groups is 1. The molecule has 0 spiro atoms. The van der Waals surface area contributed by atoms with Crippen molar-refractivity contribution in [2.24, 2.45) is 0 Å². The number of carbonyl (C=O) groups excluding carboxylic acids is 1. The Morgan fingerprint density at radius 3 is 2.41 bits per heavy atom. The third kappa shape index (κ3) is 4.01. The maximum atomic E-state index is 13.9. The third-order valence-corrected chi connectivity index (χ3v) is 5.48. The van der Waals surface area contributed by atoms with E-state index in [2.05, 4.69) is 9.88 Å². The number of piperidine rings is 1. The average Bonchev–Trinajstić information content (AvgIpc) is 2.74. The number of rotatable bonds is 3. The van der Waals surface area contributed by atoms with Crippen molar-refractivity contribution in [3.05, 3.63) is 54.0 Å². The lowest BCUT2D eigenvalue weighted by Gasteiger charge is -2.40. The molecule has 2 fully saturated rings. The second-order valence-corrected chi connectivity index (χ2v) is 7.08. The zero-order chi connectivity index (χ0) is 18.6. The quantitative estimate of drug-likeness (QED) is 0.835. The first-order valence-electron chi connectivity index (χ1n) is 9.54. The van der Waals surface area contributed by atoms with E-state index in [0.717, 1.165) is 52.2 Å². The van der Waals surface area contributed by atoms with Gasteiger partial charge in [0.15, 0.2) is 0 Å². The van der Waals surface area contributed by atoms with E-state index in [4.69, 9.17) is 4.74 Å². The molecule has 2 saturated heterocycles. The normalized spacial score (nSPS) is 19.2. The summed E-state index contributed by atoms with van der Waals surface area (Å²) in [6, 6.07) is 10.6. The van der Waals surface area contributed by atoms with E-state index in [0.29, 0.717) is 22.9 Å². The van der Waals surface area contributed by atoms with Crippen LogP contribution in [-0.2, 0) is 4.74 Å². The second-order valence-electron chi connectivity index (χ2n) is 7.08. The van der Waals surface area contributed by atoms with Crippen molar-refractivity contribution in [1.82, 2.24) is 14.8 Å². The van der Waals surface area contributed by atoms with Crippen molar-refractivity contribution < 1.29 is 13.9 Å². The van der Waals surface area contributed by atoms with Crippen LogP contribution in [0.4, 0.5) is 4.39 Å². The van der Waals surface area contributed by atoms with Gasteiger partial charge in [-0.2, -0.15) is 0 Å². The molecule has 3 heterocycles. The summed E-state index contributed by atoms with van der Waals surface area (Å²) >= 11 is 0. The van der Waals surface area contributed by atoms with Gasteiger partial charge in [-0.15, -0.1) is 0 Å². The highest BCUT2D eigenvalue weighted by atomic mass is 19.1. The largest absolute Gasteiger partial charge is 0.379 e. The van der Waals surface area contributed by atoms with Crippen molar-refractivity contribution >= 4 is 5.91 Å². The number of aromatic nitrogens is 1. The highest BCUT2D eigenvalue weighted by Gasteiger charge is 2.28. The van der Waals surface area contributed by atoms with E-state index in [1.807, 2.05) is 4.90 Å². The van der Waals surface area contributed by atoms with Crippen molar-refractivity contribution in [2.75, 3.05) is 39.4 Å². The van der Waals surface area contributed by atoms with Crippen LogP contribution in [0.3, 0.4) is 0 Å². The Labute approximate surface area is 158 Å². The summed E-state index contributed by atoms with van der Waals surface area (Å²) in [6.07, 6.45) is 3.57. The van der Waals surface area contributed by atoms with Crippen LogP contribution >= 0.6 is 0 Å². The van der Waals surface area contributed by atoms with E-state index >= 15 is 0 Å². The van der Waals surface area contributed by atoms with Gasteiger partial charge in [0.25, 0.3) is 5.91 Å². The lowest BCUT2D eigenvalue weighted by atomic mass is 10.0. The Hall–Kier alpha value is -2.31. The van der Waals surface area contributed by atoms with Crippen molar-refractivity contribution in [1.29, 1.82) is 0 Å². The number of halogens is 1. The number of ether oxygens (including phenoxy) is 1. The summed E-state index contributed by atoms with van der Waals surface area (Å²) in [4.78, 5) is 21.3. The molecule has 27 heavy (non-hydrogen) atoms. The number of nitrogens with zero attached hydrogens (tertiary/aromatic N) is 3. The Morgan fingerprint density at radius 1 is 1.04 bits per heavy atom. The maximum Gasteiger partial charge on any atom is 0.253 e. The molecule has 0 saturated carbocycles. The zero-order valence-electron chi connectivity index (χ0n) is 15.3. The molecular formula is C21H24FN3O2. The predicted octanol–water partition coefficient (Wildman–Crippen LogP) is 2.82. The van der Waals surface area contributed by atoms with E-state index in [1.165, 1.54) is 6.07 Å². The van der Waals surface area contributed by atoms with Crippen molar-refractivity contribution in [2.45, 2.75) is 18.9 Å². The Balaban J connectivity index is 1.38. The van der Waals surface area contributed by atoms with Gasteiger partial charge in [0.1, 0.15) is 11.5 Å². The smallest absolute Gasteiger partial charge is 0.253 e. The molecule has 2 aliphatic rings. The van der Waals surface area contributed by atoms with Crippen LogP contribution in [0.2, 0.25) is 0 Å². The Morgan fingerprint density at radius 2 is 1.74 bits per heavy atom. The fourth-order valence-corrected chi connectivity index (χ4v) is 3.93. The van der Waals surface area contributed by atoms with Crippen molar-refractivity contribution in [3.63, 3.8) is 0 Å². The fourth-order valence-electron chi connectivity index (χ4n) is 3.93. The van der Waals surface area contributed by atoms with Gasteiger partial charge in [-0.1, -0.05) is 12.1 Å². The summed E-state index contributed by atoms with van der Waals surface area (Å²) in [5.74, 6) is -0.315. The molecular weight excluding hydrogens is 345 g/mol. The van der Waals surface area contributed by atoms with Gasteiger partial charge in [-0.25, -0.2) is 4.39 Å². The van der Waals surface area contributed by atoms with Gasteiger partial charge in [0.05, 0.1) is 13.2 Å². The molecule has 6 heteroatoms. The van der Waals surface area contributed by atoms with Gasteiger partial charge in [-0.3, -0.25) is 14.7 Å². The average molecular weight is 369 g/mol. The Bertz CT molecular complexity index is 782. The lowest BCUT2D eigenvalue weighted by Crippen LogP contribution is -2.50. The molecule has 1 aromatic heterocycles. The minimum Gasteiger partial charge on any atom is -0.379 e. The minimum absolute atomic E-state index is 0.0449. The van der Waals surface area contributed by atoms with Crippen LogP contribution in [0.25, 0.3) is 11.3 Å². The predicted molar refractivity (Wildman–Crippen MR) is 101 cm³/mol. The molecule has 2 aromatic rings. The van der Waals surface area contributed by atoms with Crippen molar-refractivity contribution in [3.8, 4) is 11.3 Å². The zero-order valence-corrected chi connectivity index (χ0v) is 15.3. The number of pyridine rings is 1.